The highest BCUT2D eigenvalue weighted by molar-refractivity contribution is 6.31. The third-order valence-corrected chi connectivity index (χ3v) is 4.59. The Balaban J connectivity index is 2.18. The van der Waals surface area contributed by atoms with Gasteiger partial charge in [0, 0.05) is 20.1 Å². The lowest BCUT2D eigenvalue weighted by Crippen LogP contribution is -2.55. The summed E-state index contributed by atoms with van der Waals surface area (Å²) in [5, 5.41) is 5.07. The molecule has 6 heteroatoms. The van der Waals surface area contributed by atoms with Crippen LogP contribution in [0.3, 0.4) is 0 Å². The van der Waals surface area contributed by atoms with Crippen molar-refractivity contribution >= 4 is 11.6 Å². The first-order valence-corrected chi connectivity index (χ1v) is 7.14. The molecule has 0 saturated carbocycles. The number of aromatic nitrogens is 2. The number of nitrogens with two attached hydrogens (primary N) is 1. The molecule has 108 valence electrons. The van der Waals surface area contributed by atoms with Crippen LogP contribution in [0.4, 0.5) is 0 Å². The molecular formula is C13H23ClN4O. The Morgan fingerprint density at radius 3 is 2.79 bits per heavy atom. The Hall–Kier alpha value is -0.620. The van der Waals surface area contributed by atoms with Gasteiger partial charge < -0.3 is 4.74 Å². The minimum Gasteiger partial charge on any atom is -0.374 e. The lowest BCUT2D eigenvalue weighted by Gasteiger charge is -2.40. The van der Waals surface area contributed by atoms with E-state index < -0.39 is 0 Å². The summed E-state index contributed by atoms with van der Waals surface area (Å²) in [6, 6.07) is 0.0279. The van der Waals surface area contributed by atoms with Crippen molar-refractivity contribution in [3.63, 3.8) is 0 Å². The maximum absolute atomic E-state index is 6.31. The smallest absolute Gasteiger partial charge is 0.0847 e. The summed E-state index contributed by atoms with van der Waals surface area (Å²) in [5.41, 5.74) is 4.51. The molecule has 1 saturated heterocycles. The number of nitrogens with one attached hydrogen (secondary N) is 1. The molecule has 2 atom stereocenters. The predicted molar refractivity (Wildman–Crippen MR) is 76.0 cm³/mol. The van der Waals surface area contributed by atoms with Crippen molar-refractivity contribution in [1.29, 1.82) is 0 Å². The van der Waals surface area contributed by atoms with Gasteiger partial charge in [0.25, 0.3) is 0 Å². The zero-order valence-corrected chi connectivity index (χ0v) is 12.6. The van der Waals surface area contributed by atoms with Crippen LogP contribution >= 0.6 is 11.6 Å². The standard InChI is InChI=1S/C13H23ClN4O/c1-9-12(14)10(18(3)17-9)8-11(16-15)13(2)6-4-5-7-19-13/h11,16H,4-8,15H2,1-3H3. The van der Waals surface area contributed by atoms with Gasteiger partial charge in [0.2, 0.25) is 0 Å². The third-order valence-electron chi connectivity index (χ3n) is 4.10. The van der Waals surface area contributed by atoms with Crippen LogP contribution in [0.25, 0.3) is 0 Å². The third kappa shape index (κ3) is 2.94. The van der Waals surface area contributed by atoms with Crippen molar-refractivity contribution < 1.29 is 4.74 Å². The predicted octanol–water partition coefficient (Wildman–Crippen LogP) is 1.72. The second kappa shape index (κ2) is 5.79. The summed E-state index contributed by atoms with van der Waals surface area (Å²) < 4.78 is 7.79. The molecule has 2 rings (SSSR count). The first-order valence-electron chi connectivity index (χ1n) is 6.76. The van der Waals surface area contributed by atoms with Crippen molar-refractivity contribution in [2.24, 2.45) is 12.9 Å². The zero-order valence-electron chi connectivity index (χ0n) is 11.9. The molecule has 2 heterocycles. The van der Waals surface area contributed by atoms with Gasteiger partial charge in [-0.05, 0) is 33.1 Å². The van der Waals surface area contributed by atoms with Crippen molar-refractivity contribution in [3.05, 3.63) is 16.4 Å². The normalized spacial score (nSPS) is 25.5. The van der Waals surface area contributed by atoms with E-state index in [2.05, 4.69) is 17.4 Å². The molecule has 0 aliphatic carbocycles. The molecule has 0 bridgehead atoms. The number of hydrazine groups is 1. The van der Waals surface area contributed by atoms with Crippen LogP contribution in [-0.4, -0.2) is 28.0 Å². The van der Waals surface area contributed by atoms with Crippen LogP contribution in [0.1, 0.15) is 37.6 Å². The van der Waals surface area contributed by atoms with E-state index >= 15 is 0 Å². The van der Waals surface area contributed by atoms with Gasteiger partial charge in [-0.25, -0.2) is 0 Å². The number of halogens is 1. The summed E-state index contributed by atoms with van der Waals surface area (Å²) >= 11 is 6.31. The molecule has 0 spiro atoms. The topological polar surface area (TPSA) is 65.1 Å². The largest absolute Gasteiger partial charge is 0.374 e. The summed E-state index contributed by atoms with van der Waals surface area (Å²) in [4.78, 5) is 0. The molecule has 1 aliphatic heterocycles. The fourth-order valence-electron chi connectivity index (χ4n) is 2.78. The molecular weight excluding hydrogens is 264 g/mol. The Kier molecular flexibility index (Phi) is 4.50. The molecule has 2 unspecified atom stereocenters. The highest BCUT2D eigenvalue weighted by atomic mass is 35.5. The Morgan fingerprint density at radius 1 is 1.58 bits per heavy atom. The van der Waals surface area contributed by atoms with Crippen molar-refractivity contribution in [3.8, 4) is 0 Å². The molecule has 3 N–H and O–H groups in total. The average Bonchev–Trinajstić information content (AvgIpc) is 2.62. The van der Waals surface area contributed by atoms with Gasteiger partial charge in [0.1, 0.15) is 0 Å². The Morgan fingerprint density at radius 2 is 2.32 bits per heavy atom. The first-order chi connectivity index (χ1) is 8.98. The van der Waals surface area contributed by atoms with Crippen LogP contribution < -0.4 is 11.3 Å². The quantitative estimate of drug-likeness (QED) is 0.653. The van der Waals surface area contributed by atoms with Gasteiger partial charge in [0.15, 0.2) is 0 Å². The summed E-state index contributed by atoms with van der Waals surface area (Å²) in [5.74, 6) is 5.74. The second-order valence-corrected chi connectivity index (χ2v) is 5.89. The average molecular weight is 287 g/mol. The lowest BCUT2D eigenvalue weighted by molar-refractivity contribution is -0.0887. The van der Waals surface area contributed by atoms with Gasteiger partial charge >= 0.3 is 0 Å². The SMILES string of the molecule is Cc1nn(C)c(CC(NN)C2(C)CCCCO2)c1Cl. The van der Waals surface area contributed by atoms with Crippen molar-refractivity contribution in [2.75, 3.05) is 6.61 Å². The molecule has 1 fully saturated rings. The molecule has 1 aliphatic rings. The monoisotopic (exact) mass is 286 g/mol. The maximum Gasteiger partial charge on any atom is 0.0847 e. The second-order valence-electron chi connectivity index (χ2n) is 5.51. The minimum absolute atomic E-state index is 0.0279. The van der Waals surface area contributed by atoms with Crippen LogP contribution in [0.5, 0.6) is 0 Å². The molecule has 19 heavy (non-hydrogen) atoms. The van der Waals surface area contributed by atoms with E-state index in [-0.39, 0.29) is 11.6 Å². The molecule has 5 nitrogen and oxygen atoms in total. The van der Waals surface area contributed by atoms with Gasteiger partial charge in [0.05, 0.1) is 28.1 Å². The van der Waals surface area contributed by atoms with E-state index in [1.807, 2.05) is 18.7 Å². The molecule has 0 amide bonds. The number of aryl methyl sites for hydroxylation is 2. The van der Waals surface area contributed by atoms with E-state index in [9.17, 15) is 0 Å². The van der Waals surface area contributed by atoms with E-state index in [1.165, 1.54) is 6.42 Å². The molecule has 1 aromatic heterocycles. The number of rotatable bonds is 4. The van der Waals surface area contributed by atoms with E-state index in [0.29, 0.717) is 6.42 Å². The summed E-state index contributed by atoms with van der Waals surface area (Å²) in [6.45, 7) is 4.83. The fourth-order valence-corrected chi connectivity index (χ4v) is 3.01. The molecule has 0 radical (unpaired) electrons. The van der Waals surface area contributed by atoms with E-state index in [0.717, 1.165) is 35.9 Å². The maximum atomic E-state index is 6.31. The Bertz CT molecular complexity index is 440. The van der Waals surface area contributed by atoms with Gasteiger partial charge in [-0.1, -0.05) is 11.6 Å². The fraction of sp³-hybridized carbons (Fsp3) is 0.769. The van der Waals surface area contributed by atoms with Gasteiger partial charge in [-0.3, -0.25) is 16.0 Å². The number of nitrogens with zero attached hydrogens (tertiary/aromatic N) is 2. The summed E-state index contributed by atoms with van der Waals surface area (Å²) in [7, 11) is 1.91. The van der Waals surface area contributed by atoms with Crippen LogP contribution in [0.15, 0.2) is 0 Å². The van der Waals surface area contributed by atoms with Crippen LogP contribution in [-0.2, 0) is 18.2 Å². The minimum atomic E-state index is -0.242. The Labute approximate surface area is 119 Å². The molecule has 0 aromatic carbocycles. The number of hydrogen-bond acceptors (Lipinski definition) is 4. The van der Waals surface area contributed by atoms with Crippen molar-refractivity contribution in [2.45, 2.75) is 51.2 Å². The zero-order chi connectivity index (χ0) is 14.0. The van der Waals surface area contributed by atoms with Crippen molar-refractivity contribution in [1.82, 2.24) is 15.2 Å². The highest BCUT2D eigenvalue weighted by Crippen LogP contribution is 2.31. The van der Waals surface area contributed by atoms with E-state index in [1.54, 1.807) is 0 Å². The lowest BCUT2D eigenvalue weighted by atomic mass is 9.86. The van der Waals surface area contributed by atoms with Gasteiger partial charge in [-0.2, -0.15) is 5.10 Å². The highest BCUT2D eigenvalue weighted by Gasteiger charge is 2.37. The van der Waals surface area contributed by atoms with Crippen LogP contribution in [0.2, 0.25) is 5.02 Å². The first kappa shape index (κ1) is 14.8. The van der Waals surface area contributed by atoms with E-state index in [4.69, 9.17) is 22.2 Å². The number of ether oxygens (including phenoxy) is 1. The van der Waals surface area contributed by atoms with Crippen LogP contribution in [0, 0.1) is 6.92 Å². The summed E-state index contributed by atoms with van der Waals surface area (Å²) in [6.07, 6.45) is 4.02. The number of hydrogen-bond donors (Lipinski definition) is 2. The molecule has 1 aromatic rings. The van der Waals surface area contributed by atoms with Gasteiger partial charge in [-0.15, -0.1) is 0 Å².